The lowest BCUT2D eigenvalue weighted by Crippen LogP contribution is -2.39. The Labute approximate surface area is 204 Å². The number of aromatic nitrogens is 3. The summed E-state index contributed by atoms with van der Waals surface area (Å²) in [5.41, 5.74) is 0.441. The molecule has 4 rings (SSSR count). The van der Waals surface area contributed by atoms with Gasteiger partial charge in [-0.1, -0.05) is 12.1 Å². The molecule has 0 bridgehead atoms. The number of thiophene rings is 1. The number of benzene rings is 1. The monoisotopic (exact) mass is 503 g/mol. The van der Waals surface area contributed by atoms with Gasteiger partial charge in [0.15, 0.2) is 11.6 Å². The molecule has 0 fully saturated rings. The molecule has 3 heterocycles. The van der Waals surface area contributed by atoms with Crippen molar-refractivity contribution in [3.8, 4) is 11.4 Å². The van der Waals surface area contributed by atoms with Crippen molar-refractivity contribution >= 4 is 34.6 Å². The number of halogens is 3. The van der Waals surface area contributed by atoms with Gasteiger partial charge in [-0.25, -0.2) is 9.78 Å². The van der Waals surface area contributed by atoms with Crippen molar-refractivity contribution in [2.75, 3.05) is 18.4 Å². The molecule has 3 aromatic rings. The number of hydrogen-bond acceptors (Lipinski definition) is 7. The fraction of sp³-hybridized carbons (Fsp3) is 0.333. The van der Waals surface area contributed by atoms with Gasteiger partial charge >= 0.3 is 12.3 Å². The summed E-state index contributed by atoms with van der Waals surface area (Å²) in [6.07, 6.45) is -2.51. The maximum atomic E-state index is 13.1. The Morgan fingerprint density at radius 2 is 1.89 bits per heavy atom. The zero-order chi connectivity index (χ0) is 25.2. The molecule has 1 aliphatic rings. The molecular formula is C24H24F3N5O2S. The lowest BCUT2D eigenvalue weighted by atomic mass is 10.1. The van der Waals surface area contributed by atoms with E-state index in [4.69, 9.17) is 4.74 Å². The summed E-state index contributed by atoms with van der Waals surface area (Å²) in [5.74, 6) is 0.937. The molecule has 0 spiro atoms. The molecule has 0 saturated carbocycles. The Morgan fingerprint density at radius 1 is 1.11 bits per heavy atom. The minimum absolute atomic E-state index is 0.131. The summed E-state index contributed by atoms with van der Waals surface area (Å²) in [4.78, 5) is 27.4. The maximum Gasteiger partial charge on any atom is 0.416 e. The summed E-state index contributed by atoms with van der Waals surface area (Å²) in [6, 6.07) is 6.71. The molecule has 35 heavy (non-hydrogen) atoms. The smallest absolute Gasteiger partial charge is 0.416 e. The average molecular weight is 504 g/mol. The van der Waals surface area contributed by atoms with E-state index in [1.54, 1.807) is 4.90 Å². The van der Waals surface area contributed by atoms with Crippen molar-refractivity contribution in [3.05, 3.63) is 58.6 Å². The summed E-state index contributed by atoms with van der Waals surface area (Å²) in [7, 11) is 0. The van der Waals surface area contributed by atoms with E-state index in [2.05, 4.69) is 20.3 Å². The highest BCUT2D eigenvalue weighted by Crippen LogP contribution is 2.32. The van der Waals surface area contributed by atoms with Gasteiger partial charge in [-0.2, -0.15) is 34.5 Å². The molecule has 1 N–H and O–H groups in total. The minimum atomic E-state index is -4.46. The van der Waals surface area contributed by atoms with Gasteiger partial charge in [0.05, 0.1) is 5.56 Å². The Bertz CT molecular complexity index is 1240. The molecule has 11 heteroatoms. The van der Waals surface area contributed by atoms with E-state index in [0.717, 1.165) is 23.3 Å². The number of anilines is 2. The van der Waals surface area contributed by atoms with E-state index >= 15 is 0 Å². The van der Waals surface area contributed by atoms with Crippen molar-refractivity contribution in [3.63, 3.8) is 0 Å². The number of nitrogens with one attached hydrogen (secondary N) is 1. The lowest BCUT2D eigenvalue weighted by Gasteiger charge is -2.29. The Kier molecular flexibility index (Phi) is 6.79. The second-order valence-corrected chi connectivity index (χ2v) is 9.71. The van der Waals surface area contributed by atoms with Gasteiger partial charge < -0.3 is 15.0 Å². The van der Waals surface area contributed by atoms with E-state index < -0.39 is 23.4 Å². The van der Waals surface area contributed by atoms with Crippen molar-refractivity contribution < 1.29 is 22.7 Å². The van der Waals surface area contributed by atoms with E-state index in [9.17, 15) is 18.0 Å². The minimum Gasteiger partial charge on any atom is -0.444 e. The maximum absolute atomic E-state index is 13.1. The number of hydrogen-bond donors (Lipinski definition) is 1. The molecule has 1 amide bonds. The standard InChI is InChI=1S/C24H24F3N5O2S/c1-23(2,3)34-22(33)32-10-7-15(8-11-32)19-29-20(16-9-12-35-14-16)31-21(30-19)28-18-6-4-5-17(13-18)24(25,26)27/h4-7,9,12-14H,8,10-11H2,1-3H3,(H,28,29,30,31). The van der Waals surface area contributed by atoms with Gasteiger partial charge in [-0.3, -0.25) is 0 Å². The highest BCUT2D eigenvalue weighted by Gasteiger charge is 2.30. The van der Waals surface area contributed by atoms with Gasteiger partial charge in [0.2, 0.25) is 5.95 Å². The molecule has 184 valence electrons. The Hall–Kier alpha value is -3.47. The lowest BCUT2D eigenvalue weighted by molar-refractivity contribution is -0.137. The fourth-order valence-electron chi connectivity index (χ4n) is 3.36. The molecule has 1 aliphatic heterocycles. The van der Waals surface area contributed by atoms with Crippen molar-refractivity contribution in [2.45, 2.75) is 39.0 Å². The molecule has 2 aromatic heterocycles. The van der Waals surface area contributed by atoms with Crippen LogP contribution in [-0.2, 0) is 10.9 Å². The second kappa shape index (κ2) is 9.65. The van der Waals surface area contributed by atoms with Crippen LogP contribution in [0.15, 0.2) is 47.2 Å². The first-order chi connectivity index (χ1) is 16.5. The fourth-order valence-corrected chi connectivity index (χ4v) is 4.00. The number of ether oxygens (including phenoxy) is 1. The van der Waals surface area contributed by atoms with Crippen LogP contribution in [-0.4, -0.2) is 44.6 Å². The number of amides is 1. The topological polar surface area (TPSA) is 80.2 Å². The third-order valence-electron chi connectivity index (χ3n) is 5.01. The van der Waals surface area contributed by atoms with Gasteiger partial charge in [0.25, 0.3) is 0 Å². The molecule has 7 nitrogen and oxygen atoms in total. The number of carbonyl (C=O) groups excluding carboxylic acids is 1. The number of alkyl halides is 3. The Balaban J connectivity index is 1.62. The zero-order valence-electron chi connectivity index (χ0n) is 19.4. The van der Waals surface area contributed by atoms with Crippen molar-refractivity contribution in [1.29, 1.82) is 0 Å². The summed E-state index contributed by atoms with van der Waals surface area (Å²) >= 11 is 1.48. The van der Waals surface area contributed by atoms with Crippen LogP contribution < -0.4 is 5.32 Å². The summed E-state index contributed by atoms with van der Waals surface area (Å²) < 4.78 is 44.8. The summed E-state index contributed by atoms with van der Waals surface area (Å²) in [6.45, 7) is 6.19. The Morgan fingerprint density at radius 3 is 2.51 bits per heavy atom. The first kappa shape index (κ1) is 24.6. The molecule has 0 saturated heterocycles. The highest BCUT2D eigenvalue weighted by molar-refractivity contribution is 7.08. The van der Waals surface area contributed by atoms with Crippen LogP contribution in [0.25, 0.3) is 17.0 Å². The SMILES string of the molecule is CC(C)(C)OC(=O)N1CC=C(c2nc(Nc3cccc(C(F)(F)F)c3)nc(-c3ccsc3)n2)CC1. The highest BCUT2D eigenvalue weighted by atomic mass is 32.1. The van der Waals surface area contributed by atoms with Crippen LogP contribution in [0.5, 0.6) is 0 Å². The van der Waals surface area contributed by atoms with Crippen LogP contribution >= 0.6 is 11.3 Å². The molecule has 0 atom stereocenters. The second-order valence-electron chi connectivity index (χ2n) is 8.93. The van der Waals surface area contributed by atoms with Gasteiger partial charge in [0, 0.05) is 29.7 Å². The van der Waals surface area contributed by atoms with Gasteiger partial charge in [-0.15, -0.1) is 0 Å². The van der Waals surface area contributed by atoms with Crippen molar-refractivity contribution in [1.82, 2.24) is 19.9 Å². The van der Waals surface area contributed by atoms with Crippen LogP contribution in [0.3, 0.4) is 0 Å². The third-order valence-corrected chi connectivity index (χ3v) is 5.69. The van der Waals surface area contributed by atoms with Crippen LogP contribution in [0.2, 0.25) is 0 Å². The van der Waals surface area contributed by atoms with Crippen LogP contribution in [0.4, 0.5) is 29.6 Å². The van der Waals surface area contributed by atoms with Gasteiger partial charge in [-0.05, 0) is 62.4 Å². The molecule has 0 aliphatic carbocycles. The molecule has 0 radical (unpaired) electrons. The number of nitrogens with zero attached hydrogens (tertiary/aromatic N) is 4. The van der Waals surface area contributed by atoms with E-state index in [1.807, 2.05) is 43.7 Å². The van der Waals surface area contributed by atoms with E-state index in [-0.39, 0.29) is 11.6 Å². The first-order valence-corrected chi connectivity index (χ1v) is 11.8. The summed E-state index contributed by atoms with van der Waals surface area (Å²) in [5, 5.41) is 6.65. The van der Waals surface area contributed by atoms with E-state index in [0.29, 0.717) is 31.2 Å². The third kappa shape index (κ3) is 6.36. The number of carbonyl (C=O) groups is 1. The molecular weight excluding hydrogens is 479 g/mol. The molecule has 1 aromatic carbocycles. The van der Waals surface area contributed by atoms with Gasteiger partial charge in [0.1, 0.15) is 5.60 Å². The first-order valence-electron chi connectivity index (χ1n) is 10.9. The van der Waals surface area contributed by atoms with Crippen LogP contribution in [0, 0.1) is 0 Å². The molecule has 0 unspecified atom stereocenters. The number of rotatable bonds is 4. The largest absolute Gasteiger partial charge is 0.444 e. The zero-order valence-corrected chi connectivity index (χ0v) is 20.2. The normalized spacial score (nSPS) is 14.5. The quantitative estimate of drug-likeness (QED) is 0.445. The van der Waals surface area contributed by atoms with Crippen LogP contribution in [0.1, 0.15) is 38.6 Å². The predicted octanol–water partition coefficient (Wildman–Crippen LogP) is 6.39. The predicted molar refractivity (Wildman–Crippen MR) is 128 cm³/mol. The average Bonchev–Trinajstić information content (AvgIpc) is 3.33. The van der Waals surface area contributed by atoms with E-state index in [1.165, 1.54) is 23.5 Å². The van der Waals surface area contributed by atoms with Crippen molar-refractivity contribution in [2.24, 2.45) is 0 Å².